The van der Waals surface area contributed by atoms with Crippen LogP contribution in [0.2, 0.25) is 5.02 Å². The number of carbonyl (C=O) groups excluding carboxylic acids is 1. The fourth-order valence-corrected chi connectivity index (χ4v) is 2.06. The average Bonchev–Trinajstić information content (AvgIpc) is 2.32. The van der Waals surface area contributed by atoms with Crippen LogP contribution < -0.4 is 11.1 Å². The highest BCUT2D eigenvalue weighted by molar-refractivity contribution is 8.00. The van der Waals surface area contributed by atoms with E-state index in [-0.39, 0.29) is 22.2 Å². The Hall–Kier alpha value is -1.31. The molecule has 104 valence electrons. The SMILES string of the molecule is N[C@H](CSCC(=O)Nc1ccc(Cl)cc1F)C(=O)O. The highest BCUT2D eigenvalue weighted by Gasteiger charge is 2.13. The first-order valence-electron chi connectivity index (χ1n) is 5.21. The van der Waals surface area contributed by atoms with E-state index in [0.29, 0.717) is 0 Å². The maximum Gasteiger partial charge on any atom is 0.321 e. The van der Waals surface area contributed by atoms with E-state index in [4.69, 9.17) is 22.4 Å². The van der Waals surface area contributed by atoms with Crippen molar-refractivity contribution in [3.63, 3.8) is 0 Å². The molecule has 1 aromatic carbocycles. The molecular formula is C11H12ClFN2O3S. The Labute approximate surface area is 118 Å². The van der Waals surface area contributed by atoms with E-state index in [1.165, 1.54) is 12.1 Å². The Morgan fingerprint density at radius 1 is 1.53 bits per heavy atom. The largest absolute Gasteiger partial charge is 0.480 e. The summed E-state index contributed by atoms with van der Waals surface area (Å²) in [6, 6.07) is 2.87. The van der Waals surface area contributed by atoms with Crippen LogP contribution in [0.25, 0.3) is 0 Å². The van der Waals surface area contributed by atoms with Crippen molar-refractivity contribution in [1.29, 1.82) is 0 Å². The molecule has 1 rings (SSSR count). The topological polar surface area (TPSA) is 92.4 Å². The summed E-state index contributed by atoms with van der Waals surface area (Å²) in [5.74, 6) is -2.11. The average molecular weight is 307 g/mol. The molecule has 4 N–H and O–H groups in total. The molecule has 19 heavy (non-hydrogen) atoms. The summed E-state index contributed by atoms with van der Waals surface area (Å²) in [7, 11) is 0. The Morgan fingerprint density at radius 2 is 2.21 bits per heavy atom. The molecule has 0 saturated carbocycles. The second kappa shape index (κ2) is 7.32. The van der Waals surface area contributed by atoms with Gasteiger partial charge in [-0.1, -0.05) is 11.6 Å². The van der Waals surface area contributed by atoms with Crippen LogP contribution in [-0.2, 0) is 9.59 Å². The van der Waals surface area contributed by atoms with Crippen LogP contribution in [0.3, 0.4) is 0 Å². The molecule has 1 amide bonds. The third-order valence-electron chi connectivity index (χ3n) is 2.05. The molecule has 1 atom stereocenters. The molecule has 5 nitrogen and oxygen atoms in total. The molecule has 0 radical (unpaired) electrons. The smallest absolute Gasteiger partial charge is 0.321 e. The van der Waals surface area contributed by atoms with Gasteiger partial charge < -0.3 is 16.2 Å². The molecule has 1 aromatic rings. The lowest BCUT2D eigenvalue weighted by Gasteiger charge is -2.08. The van der Waals surface area contributed by atoms with Crippen LogP contribution >= 0.6 is 23.4 Å². The van der Waals surface area contributed by atoms with E-state index < -0.39 is 23.7 Å². The van der Waals surface area contributed by atoms with E-state index >= 15 is 0 Å². The number of thioether (sulfide) groups is 1. The van der Waals surface area contributed by atoms with Gasteiger partial charge in [-0.25, -0.2) is 4.39 Å². The molecule has 0 saturated heterocycles. The number of aliphatic carboxylic acids is 1. The summed E-state index contributed by atoms with van der Waals surface area (Å²) < 4.78 is 13.4. The van der Waals surface area contributed by atoms with Gasteiger partial charge in [0.15, 0.2) is 0 Å². The maximum absolute atomic E-state index is 13.4. The van der Waals surface area contributed by atoms with Crippen LogP contribution in [0.15, 0.2) is 18.2 Å². The van der Waals surface area contributed by atoms with Gasteiger partial charge >= 0.3 is 5.97 Å². The Balaban J connectivity index is 2.41. The van der Waals surface area contributed by atoms with Gasteiger partial charge in [-0.2, -0.15) is 0 Å². The highest BCUT2D eigenvalue weighted by Crippen LogP contribution is 2.19. The van der Waals surface area contributed by atoms with Crippen LogP contribution in [0.5, 0.6) is 0 Å². The monoisotopic (exact) mass is 306 g/mol. The van der Waals surface area contributed by atoms with Crippen molar-refractivity contribution in [3.8, 4) is 0 Å². The Morgan fingerprint density at radius 3 is 2.79 bits per heavy atom. The molecule has 0 bridgehead atoms. The summed E-state index contributed by atoms with van der Waals surface area (Å²) in [5.41, 5.74) is 5.29. The molecule has 0 spiro atoms. The molecular weight excluding hydrogens is 295 g/mol. The number of nitrogens with two attached hydrogens (primary N) is 1. The standard InChI is InChI=1S/C11H12ClFN2O3S/c12-6-1-2-9(7(13)3-6)15-10(16)5-19-4-8(14)11(17)18/h1-3,8H,4-5,14H2,(H,15,16)(H,17,18)/t8-/m1/s1. The molecule has 0 aliphatic heterocycles. The number of halogens is 2. The zero-order valence-electron chi connectivity index (χ0n) is 9.73. The maximum atomic E-state index is 13.4. The summed E-state index contributed by atoms with van der Waals surface area (Å²) in [6.45, 7) is 0. The minimum Gasteiger partial charge on any atom is -0.480 e. The fourth-order valence-electron chi connectivity index (χ4n) is 1.13. The van der Waals surface area contributed by atoms with Gasteiger partial charge in [-0.05, 0) is 18.2 Å². The van der Waals surface area contributed by atoms with Crippen molar-refractivity contribution >= 4 is 40.9 Å². The van der Waals surface area contributed by atoms with E-state index in [1.807, 2.05) is 0 Å². The van der Waals surface area contributed by atoms with Gasteiger partial charge in [0.2, 0.25) is 5.91 Å². The van der Waals surface area contributed by atoms with E-state index in [2.05, 4.69) is 5.32 Å². The number of carboxylic acids is 1. The van der Waals surface area contributed by atoms with Crippen molar-refractivity contribution in [1.82, 2.24) is 0 Å². The lowest BCUT2D eigenvalue weighted by Crippen LogP contribution is -2.33. The van der Waals surface area contributed by atoms with Crippen molar-refractivity contribution in [3.05, 3.63) is 29.0 Å². The van der Waals surface area contributed by atoms with Crippen molar-refractivity contribution < 1.29 is 19.1 Å². The lowest BCUT2D eigenvalue weighted by atomic mass is 10.3. The van der Waals surface area contributed by atoms with Crippen molar-refractivity contribution in [2.24, 2.45) is 5.73 Å². The quantitative estimate of drug-likeness (QED) is 0.742. The molecule has 0 fully saturated rings. The van der Waals surface area contributed by atoms with E-state index in [1.54, 1.807) is 0 Å². The molecule has 0 aliphatic rings. The second-order valence-corrected chi connectivity index (χ2v) is 5.10. The third kappa shape index (κ3) is 5.46. The third-order valence-corrected chi connectivity index (χ3v) is 3.35. The molecule has 8 heteroatoms. The van der Waals surface area contributed by atoms with Gasteiger partial charge in [0.1, 0.15) is 11.9 Å². The molecule has 0 heterocycles. The van der Waals surface area contributed by atoms with Gasteiger partial charge in [0, 0.05) is 10.8 Å². The zero-order valence-corrected chi connectivity index (χ0v) is 11.3. The first-order valence-corrected chi connectivity index (χ1v) is 6.74. The molecule has 0 aliphatic carbocycles. The predicted octanol–water partition coefficient (Wildman–Crippen LogP) is 1.56. The summed E-state index contributed by atoms with van der Waals surface area (Å²) in [6.07, 6.45) is 0. The first kappa shape index (κ1) is 15.7. The number of hydrogen-bond acceptors (Lipinski definition) is 4. The van der Waals surface area contributed by atoms with Gasteiger partial charge in [-0.15, -0.1) is 11.8 Å². The first-order chi connectivity index (χ1) is 8.90. The number of benzene rings is 1. The predicted molar refractivity (Wildman–Crippen MR) is 73.0 cm³/mol. The summed E-state index contributed by atoms with van der Waals surface area (Å²) in [4.78, 5) is 21.9. The fraction of sp³-hybridized carbons (Fsp3) is 0.273. The zero-order chi connectivity index (χ0) is 14.4. The van der Waals surface area contributed by atoms with Crippen molar-refractivity contribution in [2.45, 2.75) is 6.04 Å². The minimum absolute atomic E-state index is 0.0109. The number of rotatable bonds is 6. The van der Waals surface area contributed by atoms with Gasteiger partial charge in [0.25, 0.3) is 0 Å². The van der Waals surface area contributed by atoms with Crippen LogP contribution in [0.4, 0.5) is 10.1 Å². The molecule has 0 unspecified atom stereocenters. The Bertz CT molecular complexity index is 487. The normalized spacial score (nSPS) is 11.9. The molecule has 0 aromatic heterocycles. The number of carbonyl (C=O) groups is 2. The lowest BCUT2D eigenvalue weighted by molar-refractivity contribution is -0.137. The van der Waals surface area contributed by atoms with Crippen LogP contribution in [-0.4, -0.2) is 34.5 Å². The number of anilines is 1. The minimum atomic E-state index is -1.13. The number of hydrogen-bond donors (Lipinski definition) is 3. The number of nitrogens with one attached hydrogen (secondary N) is 1. The number of amides is 1. The van der Waals surface area contributed by atoms with Gasteiger partial charge in [-0.3, -0.25) is 9.59 Å². The van der Waals surface area contributed by atoms with E-state index in [0.717, 1.165) is 17.8 Å². The summed E-state index contributed by atoms with van der Waals surface area (Å²) >= 11 is 6.63. The van der Waals surface area contributed by atoms with Gasteiger partial charge in [0.05, 0.1) is 11.4 Å². The van der Waals surface area contributed by atoms with E-state index in [9.17, 15) is 14.0 Å². The van der Waals surface area contributed by atoms with Crippen LogP contribution in [0, 0.1) is 5.82 Å². The number of carboxylic acid groups (broad SMARTS) is 1. The highest BCUT2D eigenvalue weighted by atomic mass is 35.5. The summed E-state index contributed by atoms with van der Waals surface area (Å²) in [5, 5.41) is 11.1. The second-order valence-electron chi connectivity index (χ2n) is 3.63. The Kier molecular flexibility index (Phi) is 6.07. The van der Waals surface area contributed by atoms with Crippen LogP contribution in [0.1, 0.15) is 0 Å². The van der Waals surface area contributed by atoms with Crippen molar-refractivity contribution in [2.75, 3.05) is 16.8 Å².